The molecular formula is C14H14N4O. The Balaban J connectivity index is 2.14. The van der Waals surface area contributed by atoms with Crippen LogP contribution < -0.4 is 5.32 Å². The number of carbonyl (C=O) groups excluding carboxylic acids is 1. The highest BCUT2D eigenvalue weighted by Crippen LogP contribution is 2.29. The van der Waals surface area contributed by atoms with Gasteiger partial charge in [0.25, 0.3) is 5.91 Å². The monoisotopic (exact) mass is 254 g/mol. The predicted octanol–water partition coefficient (Wildman–Crippen LogP) is 1.45. The third-order valence-corrected chi connectivity index (χ3v) is 3.62. The van der Waals surface area contributed by atoms with E-state index in [-0.39, 0.29) is 11.9 Å². The molecule has 3 rings (SSSR count). The number of benzene rings is 1. The van der Waals surface area contributed by atoms with Gasteiger partial charge in [-0.2, -0.15) is 0 Å². The summed E-state index contributed by atoms with van der Waals surface area (Å²) < 4.78 is 0. The van der Waals surface area contributed by atoms with E-state index in [1.54, 1.807) is 20.2 Å². The van der Waals surface area contributed by atoms with Crippen molar-refractivity contribution in [1.82, 2.24) is 15.2 Å². The fraction of sp³-hybridized carbons (Fsp3) is 0.214. The topological polar surface area (TPSA) is 69.1 Å². The summed E-state index contributed by atoms with van der Waals surface area (Å²) in [6.07, 6.45) is 1.74. The van der Waals surface area contributed by atoms with Gasteiger partial charge < -0.3 is 5.32 Å². The van der Waals surface area contributed by atoms with E-state index in [0.717, 1.165) is 16.5 Å². The summed E-state index contributed by atoms with van der Waals surface area (Å²) in [5.41, 5.74) is 0.853. The average Bonchev–Trinajstić information content (AvgIpc) is 2.63. The molecule has 1 unspecified atom stereocenters. The van der Waals surface area contributed by atoms with Crippen LogP contribution in [-0.4, -0.2) is 28.8 Å². The molecule has 0 saturated carbocycles. The molecule has 5 nitrogen and oxygen atoms in total. The van der Waals surface area contributed by atoms with Crippen LogP contribution in [-0.2, 0) is 10.3 Å². The maximum atomic E-state index is 12.3. The molecule has 19 heavy (non-hydrogen) atoms. The van der Waals surface area contributed by atoms with E-state index < -0.39 is 5.54 Å². The van der Waals surface area contributed by atoms with Crippen LogP contribution in [0.2, 0.25) is 0 Å². The molecule has 96 valence electrons. The molecule has 1 saturated heterocycles. The van der Waals surface area contributed by atoms with Crippen molar-refractivity contribution in [3.63, 3.8) is 0 Å². The number of nitrogens with one attached hydrogen (secondary N) is 2. The molecule has 5 heteroatoms. The summed E-state index contributed by atoms with van der Waals surface area (Å²) in [6.45, 7) is 1.80. The lowest BCUT2D eigenvalue weighted by Gasteiger charge is -2.22. The van der Waals surface area contributed by atoms with Crippen LogP contribution in [0.4, 0.5) is 0 Å². The molecule has 0 aliphatic carbocycles. The van der Waals surface area contributed by atoms with E-state index in [2.05, 4.69) is 10.3 Å². The minimum absolute atomic E-state index is 0.124. The minimum Gasteiger partial charge on any atom is -0.338 e. The number of guanidine groups is 1. The predicted molar refractivity (Wildman–Crippen MR) is 72.7 cm³/mol. The van der Waals surface area contributed by atoms with Crippen LogP contribution >= 0.6 is 0 Å². The second-order valence-electron chi connectivity index (χ2n) is 4.87. The number of rotatable bonds is 1. The van der Waals surface area contributed by atoms with Crippen molar-refractivity contribution < 1.29 is 4.79 Å². The Morgan fingerprint density at radius 1 is 1.37 bits per heavy atom. The van der Waals surface area contributed by atoms with Crippen LogP contribution in [0, 0.1) is 5.41 Å². The van der Waals surface area contributed by atoms with Gasteiger partial charge in [0.15, 0.2) is 5.96 Å². The maximum absolute atomic E-state index is 12.3. The molecule has 0 bridgehead atoms. The van der Waals surface area contributed by atoms with Crippen molar-refractivity contribution in [1.29, 1.82) is 5.41 Å². The fourth-order valence-electron chi connectivity index (χ4n) is 2.39. The summed E-state index contributed by atoms with van der Waals surface area (Å²) >= 11 is 0. The third kappa shape index (κ3) is 1.58. The molecule has 0 spiro atoms. The third-order valence-electron chi connectivity index (χ3n) is 3.62. The van der Waals surface area contributed by atoms with Gasteiger partial charge in [0.2, 0.25) is 0 Å². The highest BCUT2D eigenvalue weighted by molar-refractivity contribution is 6.08. The molecule has 2 N–H and O–H groups in total. The lowest BCUT2D eigenvalue weighted by Crippen LogP contribution is -2.40. The zero-order valence-corrected chi connectivity index (χ0v) is 10.8. The molecule has 1 atom stereocenters. The number of amides is 1. The van der Waals surface area contributed by atoms with Gasteiger partial charge in [0.1, 0.15) is 5.54 Å². The van der Waals surface area contributed by atoms with Crippen LogP contribution in [0.25, 0.3) is 10.9 Å². The average molecular weight is 254 g/mol. The van der Waals surface area contributed by atoms with Gasteiger partial charge in [-0.1, -0.05) is 12.1 Å². The van der Waals surface area contributed by atoms with Crippen molar-refractivity contribution in [2.24, 2.45) is 0 Å². The zero-order chi connectivity index (χ0) is 13.6. The summed E-state index contributed by atoms with van der Waals surface area (Å²) in [5, 5.41) is 11.7. The van der Waals surface area contributed by atoms with Gasteiger partial charge in [-0.25, -0.2) is 0 Å². The number of likely N-dealkylation sites (N-methyl/N-ethyl adjacent to an activating group) is 1. The lowest BCUT2D eigenvalue weighted by atomic mass is 9.91. The number of aromatic nitrogens is 1. The second kappa shape index (κ2) is 3.78. The first-order valence-corrected chi connectivity index (χ1v) is 6.02. The molecule has 2 aromatic rings. The van der Waals surface area contributed by atoms with Crippen LogP contribution in [0.15, 0.2) is 36.5 Å². The number of fused-ring (bicyclic) bond motifs is 1. The standard InChI is InChI=1S/C14H14N4O/c1-14(12(19)18(2)13(15)17-14)10-5-6-11-9(8-10)4-3-7-16-11/h3-8H,1-2H3,(H2,15,17). The van der Waals surface area contributed by atoms with Gasteiger partial charge in [0.05, 0.1) is 5.52 Å². The summed E-state index contributed by atoms with van der Waals surface area (Å²) in [7, 11) is 1.60. The van der Waals surface area contributed by atoms with Crippen LogP contribution in [0.1, 0.15) is 12.5 Å². The SMILES string of the molecule is CN1C(=N)NC(C)(c2ccc3ncccc3c2)C1=O. The molecule has 1 amide bonds. The first kappa shape index (κ1) is 11.6. The fourth-order valence-corrected chi connectivity index (χ4v) is 2.39. The maximum Gasteiger partial charge on any atom is 0.259 e. The van der Waals surface area contributed by atoms with Gasteiger partial charge in [-0.15, -0.1) is 0 Å². The van der Waals surface area contributed by atoms with Crippen LogP contribution in [0.3, 0.4) is 0 Å². The number of hydrogen-bond donors (Lipinski definition) is 2. The normalized spacial score (nSPS) is 22.9. The Labute approximate surface area is 110 Å². The first-order chi connectivity index (χ1) is 9.02. The molecule has 0 radical (unpaired) electrons. The van der Waals surface area contributed by atoms with E-state index >= 15 is 0 Å². The molecule has 1 aliphatic rings. The van der Waals surface area contributed by atoms with E-state index in [1.807, 2.05) is 30.3 Å². The Bertz CT molecular complexity index is 697. The second-order valence-corrected chi connectivity index (χ2v) is 4.87. The highest BCUT2D eigenvalue weighted by atomic mass is 16.2. The molecule has 2 heterocycles. The summed E-state index contributed by atoms with van der Waals surface area (Å²) in [4.78, 5) is 17.9. The molecule has 1 aromatic heterocycles. The van der Waals surface area contributed by atoms with Gasteiger partial charge in [-0.05, 0) is 30.7 Å². The zero-order valence-electron chi connectivity index (χ0n) is 10.8. The van der Waals surface area contributed by atoms with E-state index in [0.29, 0.717) is 0 Å². The molecule has 1 fully saturated rings. The van der Waals surface area contributed by atoms with Gasteiger partial charge in [0, 0.05) is 18.6 Å². The van der Waals surface area contributed by atoms with Crippen molar-refractivity contribution in [2.75, 3.05) is 7.05 Å². The quantitative estimate of drug-likeness (QED) is 0.809. The number of hydrogen-bond acceptors (Lipinski definition) is 3. The van der Waals surface area contributed by atoms with Crippen LogP contribution in [0.5, 0.6) is 0 Å². The lowest BCUT2D eigenvalue weighted by molar-refractivity contribution is -0.129. The summed E-state index contributed by atoms with van der Waals surface area (Å²) in [5.74, 6) is -0.000441. The van der Waals surface area contributed by atoms with Gasteiger partial charge >= 0.3 is 0 Å². The number of carbonyl (C=O) groups is 1. The summed E-state index contributed by atoms with van der Waals surface area (Å²) in [6, 6.07) is 9.55. The van der Waals surface area contributed by atoms with E-state index in [9.17, 15) is 4.79 Å². The Kier molecular flexibility index (Phi) is 2.32. The Morgan fingerprint density at radius 2 is 2.16 bits per heavy atom. The Morgan fingerprint density at radius 3 is 2.84 bits per heavy atom. The minimum atomic E-state index is -0.879. The van der Waals surface area contributed by atoms with Gasteiger partial charge in [-0.3, -0.25) is 20.1 Å². The highest BCUT2D eigenvalue weighted by Gasteiger charge is 2.45. The smallest absolute Gasteiger partial charge is 0.259 e. The van der Waals surface area contributed by atoms with E-state index in [4.69, 9.17) is 5.41 Å². The first-order valence-electron chi connectivity index (χ1n) is 6.02. The molecular weight excluding hydrogens is 240 g/mol. The number of pyridine rings is 1. The van der Waals surface area contributed by atoms with Crippen molar-refractivity contribution in [2.45, 2.75) is 12.5 Å². The van der Waals surface area contributed by atoms with Crippen molar-refractivity contribution in [3.8, 4) is 0 Å². The Hall–Kier alpha value is -2.43. The largest absolute Gasteiger partial charge is 0.338 e. The van der Waals surface area contributed by atoms with Crippen molar-refractivity contribution in [3.05, 3.63) is 42.1 Å². The molecule has 1 aromatic carbocycles. The van der Waals surface area contributed by atoms with Crippen molar-refractivity contribution >= 4 is 22.8 Å². The number of nitrogens with zero attached hydrogens (tertiary/aromatic N) is 2. The van der Waals surface area contributed by atoms with E-state index in [1.165, 1.54) is 4.90 Å². The molecule has 1 aliphatic heterocycles.